The lowest BCUT2D eigenvalue weighted by atomic mass is 10.0. The van der Waals surface area contributed by atoms with Crippen LogP contribution in [0.3, 0.4) is 0 Å². The highest BCUT2D eigenvalue weighted by atomic mass is 35.5. The summed E-state index contributed by atoms with van der Waals surface area (Å²) in [6, 6.07) is 7.76. The molecule has 1 aromatic carbocycles. The Hall–Kier alpha value is -2.03. The number of anilines is 1. The van der Waals surface area contributed by atoms with Crippen molar-refractivity contribution in [2.24, 2.45) is 5.92 Å². The van der Waals surface area contributed by atoms with E-state index in [4.69, 9.17) is 11.6 Å². The van der Waals surface area contributed by atoms with Gasteiger partial charge in [0.1, 0.15) is 15.0 Å². The number of nitrogens with zero attached hydrogens (tertiary/aromatic N) is 2. The third-order valence-electron chi connectivity index (χ3n) is 4.63. The van der Waals surface area contributed by atoms with Crippen molar-refractivity contribution in [1.29, 1.82) is 0 Å². The summed E-state index contributed by atoms with van der Waals surface area (Å²) < 4.78 is 23.0. The fourth-order valence-electron chi connectivity index (χ4n) is 3.09. The van der Waals surface area contributed by atoms with Crippen LogP contribution < -0.4 is 5.32 Å². The minimum Gasteiger partial charge on any atom is -0.302 e. The number of thiazole rings is 1. The molecule has 1 N–H and O–H groups in total. The smallest absolute Gasteiger partial charge is 0.229 e. The minimum absolute atomic E-state index is 0.0721. The fourth-order valence-corrected chi connectivity index (χ4v) is 5.57. The Kier molecular flexibility index (Phi) is 4.88. The molecule has 1 saturated heterocycles. The van der Waals surface area contributed by atoms with Crippen molar-refractivity contribution in [1.82, 2.24) is 9.97 Å². The first-order chi connectivity index (χ1) is 12.9. The molecule has 0 radical (unpaired) electrons. The quantitative estimate of drug-likeness (QED) is 0.650. The average Bonchev–Trinajstić information content (AvgIpc) is 3.09. The molecule has 0 aliphatic carbocycles. The number of benzene rings is 1. The summed E-state index contributed by atoms with van der Waals surface area (Å²) in [4.78, 5) is 21.7. The number of sulfone groups is 1. The number of hydrogen-bond donors (Lipinski definition) is 1. The largest absolute Gasteiger partial charge is 0.302 e. The van der Waals surface area contributed by atoms with Gasteiger partial charge in [0.05, 0.1) is 16.4 Å². The zero-order valence-corrected chi connectivity index (χ0v) is 16.6. The molecule has 3 heterocycles. The summed E-state index contributed by atoms with van der Waals surface area (Å²) >= 11 is 7.34. The standard InChI is InChI=1S/C18H16ClN3O3S2/c19-16-8-14-7-12(1-2-13(14)9-20-16)15-10-21-18(26-15)22-17(23)11-3-5-27(24,25)6-4-11/h1-2,7-11H,3-6H2,(H,21,22,23). The molecule has 2 aromatic heterocycles. The van der Waals surface area contributed by atoms with E-state index in [2.05, 4.69) is 15.3 Å². The second-order valence-electron chi connectivity index (χ2n) is 6.51. The SMILES string of the molecule is O=C(Nc1ncc(-c2ccc3cnc(Cl)cc3c2)s1)C1CCS(=O)(=O)CC1. The number of rotatable bonds is 3. The normalized spacial score (nSPS) is 17.1. The molecule has 1 aliphatic heterocycles. The van der Waals surface area contributed by atoms with Crippen molar-refractivity contribution in [2.75, 3.05) is 16.8 Å². The van der Waals surface area contributed by atoms with E-state index in [1.807, 2.05) is 18.2 Å². The van der Waals surface area contributed by atoms with E-state index in [1.165, 1.54) is 11.3 Å². The summed E-state index contributed by atoms with van der Waals surface area (Å²) in [5.74, 6) is -0.302. The number of nitrogens with one attached hydrogen (secondary N) is 1. The van der Waals surface area contributed by atoms with Gasteiger partial charge in [0, 0.05) is 23.7 Å². The molecule has 3 aromatic rings. The molecular weight excluding hydrogens is 406 g/mol. The van der Waals surface area contributed by atoms with Gasteiger partial charge in [-0.25, -0.2) is 18.4 Å². The van der Waals surface area contributed by atoms with Gasteiger partial charge in [-0.05, 0) is 35.9 Å². The summed E-state index contributed by atoms with van der Waals surface area (Å²) in [6.07, 6.45) is 4.18. The Morgan fingerprint density at radius 3 is 2.67 bits per heavy atom. The number of aromatic nitrogens is 2. The lowest BCUT2D eigenvalue weighted by Crippen LogP contribution is -2.31. The van der Waals surface area contributed by atoms with Crippen LogP contribution in [0.5, 0.6) is 0 Å². The average molecular weight is 422 g/mol. The van der Waals surface area contributed by atoms with E-state index in [0.717, 1.165) is 21.2 Å². The van der Waals surface area contributed by atoms with E-state index >= 15 is 0 Å². The van der Waals surface area contributed by atoms with Crippen molar-refractivity contribution in [2.45, 2.75) is 12.8 Å². The third-order valence-corrected chi connectivity index (χ3v) is 7.52. The highest BCUT2D eigenvalue weighted by molar-refractivity contribution is 7.91. The highest BCUT2D eigenvalue weighted by Gasteiger charge is 2.28. The lowest BCUT2D eigenvalue weighted by molar-refractivity contribution is -0.120. The van der Waals surface area contributed by atoms with Crippen LogP contribution in [-0.2, 0) is 14.6 Å². The van der Waals surface area contributed by atoms with Crippen LogP contribution in [0.4, 0.5) is 5.13 Å². The van der Waals surface area contributed by atoms with Crippen molar-refractivity contribution in [3.63, 3.8) is 0 Å². The molecule has 9 heteroatoms. The maximum atomic E-state index is 12.4. The fraction of sp³-hybridized carbons (Fsp3) is 0.278. The van der Waals surface area contributed by atoms with Crippen LogP contribution in [0.2, 0.25) is 5.15 Å². The van der Waals surface area contributed by atoms with Gasteiger partial charge in [0.15, 0.2) is 5.13 Å². The summed E-state index contributed by atoms with van der Waals surface area (Å²) in [5, 5.41) is 5.74. The van der Waals surface area contributed by atoms with Crippen LogP contribution in [0.15, 0.2) is 36.7 Å². The molecule has 1 amide bonds. The van der Waals surface area contributed by atoms with E-state index in [1.54, 1.807) is 18.5 Å². The Labute approximate surface area is 165 Å². The van der Waals surface area contributed by atoms with Gasteiger partial charge >= 0.3 is 0 Å². The van der Waals surface area contributed by atoms with Crippen molar-refractivity contribution < 1.29 is 13.2 Å². The second-order valence-corrected chi connectivity index (χ2v) is 10.2. The topological polar surface area (TPSA) is 89.0 Å². The zero-order valence-electron chi connectivity index (χ0n) is 14.2. The molecule has 27 heavy (non-hydrogen) atoms. The van der Waals surface area contributed by atoms with Crippen LogP contribution in [0, 0.1) is 5.92 Å². The Bertz CT molecular complexity index is 1110. The summed E-state index contributed by atoms with van der Waals surface area (Å²) in [6.45, 7) is 0. The van der Waals surface area contributed by atoms with E-state index in [0.29, 0.717) is 23.1 Å². The lowest BCUT2D eigenvalue weighted by Gasteiger charge is -2.20. The maximum Gasteiger partial charge on any atom is 0.229 e. The van der Waals surface area contributed by atoms with Crippen molar-refractivity contribution >= 4 is 54.6 Å². The molecule has 140 valence electrons. The Balaban J connectivity index is 1.49. The van der Waals surface area contributed by atoms with Gasteiger partial charge in [-0.2, -0.15) is 0 Å². The number of pyridine rings is 1. The zero-order chi connectivity index (χ0) is 19.0. The van der Waals surface area contributed by atoms with E-state index in [-0.39, 0.29) is 23.3 Å². The van der Waals surface area contributed by atoms with Crippen LogP contribution in [-0.4, -0.2) is 35.8 Å². The van der Waals surface area contributed by atoms with Gasteiger partial charge in [0.2, 0.25) is 5.91 Å². The predicted octanol–water partition coefficient (Wildman–Crippen LogP) is 3.78. The molecule has 0 saturated carbocycles. The number of carbonyl (C=O) groups excluding carboxylic acids is 1. The summed E-state index contributed by atoms with van der Waals surface area (Å²) in [7, 11) is -2.98. The van der Waals surface area contributed by atoms with Crippen LogP contribution >= 0.6 is 22.9 Å². The van der Waals surface area contributed by atoms with E-state index in [9.17, 15) is 13.2 Å². The predicted molar refractivity (Wildman–Crippen MR) is 108 cm³/mol. The summed E-state index contributed by atoms with van der Waals surface area (Å²) in [5.41, 5.74) is 0.978. The number of amides is 1. The minimum atomic E-state index is -2.98. The van der Waals surface area contributed by atoms with Crippen molar-refractivity contribution in [3.05, 3.63) is 41.8 Å². The number of halogens is 1. The second kappa shape index (κ2) is 7.18. The van der Waals surface area contributed by atoms with Crippen molar-refractivity contribution in [3.8, 4) is 10.4 Å². The Morgan fingerprint density at radius 1 is 1.11 bits per heavy atom. The van der Waals surface area contributed by atoms with Crippen LogP contribution in [0.1, 0.15) is 12.8 Å². The first-order valence-electron chi connectivity index (χ1n) is 8.42. The number of fused-ring (bicyclic) bond motifs is 1. The van der Waals surface area contributed by atoms with Gasteiger partial charge in [-0.1, -0.05) is 35.1 Å². The highest BCUT2D eigenvalue weighted by Crippen LogP contribution is 2.32. The van der Waals surface area contributed by atoms with Gasteiger partial charge in [-0.3, -0.25) is 4.79 Å². The maximum absolute atomic E-state index is 12.4. The third kappa shape index (κ3) is 4.12. The molecule has 0 atom stereocenters. The molecular formula is C18H16ClN3O3S2. The van der Waals surface area contributed by atoms with Gasteiger partial charge in [-0.15, -0.1) is 0 Å². The van der Waals surface area contributed by atoms with Crippen LogP contribution in [0.25, 0.3) is 21.2 Å². The van der Waals surface area contributed by atoms with Gasteiger partial charge in [0.25, 0.3) is 0 Å². The molecule has 6 nitrogen and oxygen atoms in total. The van der Waals surface area contributed by atoms with Gasteiger partial charge < -0.3 is 5.32 Å². The molecule has 1 fully saturated rings. The molecule has 4 rings (SSSR count). The number of carbonyl (C=O) groups is 1. The Morgan fingerprint density at radius 2 is 1.89 bits per heavy atom. The monoisotopic (exact) mass is 421 g/mol. The van der Waals surface area contributed by atoms with E-state index < -0.39 is 9.84 Å². The molecule has 1 aliphatic rings. The first kappa shape index (κ1) is 18.3. The number of hydrogen-bond acceptors (Lipinski definition) is 6. The molecule has 0 unspecified atom stereocenters. The first-order valence-corrected chi connectivity index (χ1v) is 11.4. The molecule has 0 spiro atoms. The molecule has 0 bridgehead atoms.